The number of nitrogens with one attached hydrogen (secondary N) is 1. The summed E-state index contributed by atoms with van der Waals surface area (Å²) in [5.74, 6) is -1.05. The average Bonchev–Trinajstić information content (AvgIpc) is 2.32. The van der Waals surface area contributed by atoms with Crippen LogP contribution in [-0.4, -0.2) is 29.7 Å². The fourth-order valence-corrected chi connectivity index (χ4v) is 1.61. The van der Waals surface area contributed by atoms with E-state index in [0.717, 1.165) is 11.3 Å². The Morgan fingerprint density at radius 3 is 2.50 bits per heavy atom. The number of anilines is 1. The maximum Gasteiger partial charge on any atom is 0.325 e. The third-order valence-corrected chi connectivity index (χ3v) is 2.68. The molecule has 1 aromatic rings. The lowest BCUT2D eigenvalue weighted by atomic mass is 10.2. The third-order valence-electron chi connectivity index (χ3n) is 2.68. The Bertz CT molecular complexity index is 446. The van der Waals surface area contributed by atoms with Crippen LogP contribution in [0.25, 0.3) is 0 Å². The summed E-state index contributed by atoms with van der Waals surface area (Å²) >= 11 is 0. The first-order valence-electron chi connectivity index (χ1n) is 5.83. The Kier molecular flexibility index (Phi) is 4.71. The second kappa shape index (κ2) is 6.05. The minimum atomic E-state index is -1.05. The molecule has 0 fully saturated rings. The van der Waals surface area contributed by atoms with Gasteiger partial charge in [0.25, 0.3) is 0 Å². The smallest absolute Gasteiger partial charge is 0.325 e. The van der Waals surface area contributed by atoms with Gasteiger partial charge in [-0.25, -0.2) is 4.79 Å². The molecule has 2 N–H and O–H groups in total. The summed E-state index contributed by atoms with van der Waals surface area (Å²) in [4.78, 5) is 24.2. The van der Waals surface area contributed by atoms with Gasteiger partial charge in [-0.15, -0.1) is 0 Å². The van der Waals surface area contributed by atoms with E-state index in [0.29, 0.717) is 6.54 Å². The van der Waals surface area contributed by atoms with Crippen molar-refractivity contribution in [3.05, 3.63) is 29.8 Å². The summed E-state index contributed by atoms with van der Waals surface area (Å²) in [6, 6.07) is 6.18. The Labute approximate surface area is 106 Å². The molecular formula is C13H18N2O3. The van der Waals surface area contributed by atoms with Crippen LogP contribution in [0.3, 0.4) is 0 Å². The van der Waals surface area contributed by atoms with Gasteiger partial charge in [-0.2, -0.15) is 0 Å². The summed E-state index contributed by atoms with van der Waals surface area (Å²) in [7, 11) is 0. The van der Waals surface area contributed by atoms with Gasteiger partial charge in [-0.05, 0) is 32.4 Å². The number of carbonyl (C=O) groups is 2. The Morgan fingerprint density at radius 1 is 1.39 bits per heavy atom. The largest absolute Gasteiger partial charge is 0.480 e. The van der Waals surface area contributed by atoms with Gasteiger partial charge in [0.1, 0.15) is 6.04 Å². The number of rotatable bonds is 4. The van der Waals surface area contributed by atoms with E-state index in [-0.39, 0.29) is 0 Å². The molecule has 0 aliphatic carbocycles. The Morgan fingerprint density at radius 2 is 2.00 bits per heavy atom. The van der Waals surface area contributed by atoms with Crippen molar-refractivity contribution < 1.29 is 14.7 Å². The molecule has 18 heavy (non-hydrogen) atoms. The van der Waals surface area contributed by atoms with Crippen LogP contribution in [0.1, 0.15) is 19.4 Å². The number of urea groups is 1. The van der Waals surface area contributed by atoms with E-state index in [1.54, 1.807) is 0 Å². The lowest BCUT2D eigenvalue weighted by Gasteiger charge is -2.24. The van der Waals surface area contributed by atoms with Gasteiger partial charge in [-0.1, -0.05) is 18.2 Å². The molecule has 0 aliphatic heterocycles. The second-order valence-electron chi connectivity index (χ2n) is 4.04. The zero-order valence-electron chi connectivity index (χ0n) is 10.8. The molecule has 0 bridgehead atoms. The molecule has 0 saturated carbocycles. The number of nitrogens with zero attached hydrogens (tertiary/aromatic N) is 1. The monoisotopic (exact) mass is 250 g/mol. The van der Waals surface area contributed by atoms with Crippen molar-refractivity contribution in [1.82, 2.24) is 5.32 Å². The SMILES string of the molecule is CCN(C(=O)N[C@H](C)C(=O)O)c1ccccc1C. The van der Waals surface area contributed by atoms with Crippen LogP contribution in [0, 0.1) is 6.92 Å². The molecule has 5 nitrogen and oxygen atoms in total. The molecule has 0 radical (unpaired) electrons. The number of carbonyl (C=O) groups excluding carboxylic acids is 1. The van der Waals surface area contributed by atoms with Crippen LogP contribution in [0.4, 0.5) is 10.5 Å². The lowest BCUT2D eigenvalue weighted by Crippen LogP contribution is -2.47. The van der Waals surface area contributed by atoms with E-state index >= 15 is 0 Å². The van der Waals surface area contributed by atoms with E-state index in [1.807, 2.05) is 38.1 Å². The Hall–Kier alpha value is -2.04. The number of carboxylic acids is 1. The molecule has 98 valence electrons. The standard InChI is InChI=1S/C13H18N2O3/c1-4-15(11-8-6-5-7-9(11)2)13(18)14-10(3)12(16)17/h5-8,10H,4H2,1-3H3,(H,14,18)(H,16,17)/t10-/m1/s1. The number of aliphatic carboxylic acids is 1. The topological polar surface area (TPSA) is 69.6 Å². The third kappa shape index (κ3) is 3.23. The maximum atomic E-state index is 12.0. The van der Waals surface area contributed by atoms with Crippen molar-refractivity contribution in [1.29, 1.82) is 0 Å². The van der Waals surface area contributed by atoms with Crippen molar-refractivity contribution in [2.24, 2.45) is 0 Å². The van der Waals surface area contributed by atoms with Crippen molar-refractivity contribution in [2.45, 2.75) is 26.8 Å². The molecule has 1 aromatic carbocycles. The van der Waals surface area contributed by atoms with Gasteiger partial charge >= 0.3 is 12.0 Å². The summed E-state index contributed by atoms with van der Waals surface area (Å²) < 4.78 is 0. The lowest BCUT2D eigenvalue weighted by molar-refractivity contribution is -0.138. The summed E-state index contributed by atoms with van der Waals surface area (Å²) in [5.41, 5.74) is 1.76. The van der Waals surface area contributed by atoms with Crippen molar-refractivity contribution in [3.8, 4) is 0 Å². The van der Waals surface area contributed by atoms with Gasteiger partial charge < -0.3 is 10.4 Å². The van der Waals surface area contributed by atoms with E-state index in [4.69, 9.17) is 5.11 Å². The fraction of sp³-hybridized carbons (Fsp3) is 0.385. The van der Waals surface area contributed by atoms with Crippen LogP contribution >= 0.6 is 0 Å². The minimum Gasteiger partial charge on any atom is -0.480 e. The summed E-state index contributed by atoms with van der Waals surface area (Å²) in [6.07, 6.45) is 0. The van der Waals surface area contributed by atoms with Crippen LogP contribution in [0.5, 0.6) is 0 Å². The van der Waals surface area contributed by atoms with Gasteiger partial charge in [0.05, 0.1) is 0 Å². The highest BCUT2D eigenvalue weighted by molar-refractivity contribution is 5.94. The van der Waals surface area contributed by atoms with Gasteiger partial charge in [0.15, 0.2) is 0 Å². The van der Waals surface area contributed by atoms with Crippen molar-refractivity contribution >= 4 is 17.7 Å². The molecule has 0 aromatic heterocycles. The highest BCUT2D eigenvalue weighted by Crippen LogP contribution is 2.19. The number of aryl methyl sites for hydroxylation is 1. The van der Waals surface area contributed by atoms with Crippen molar-refractivity contribution in [2.75, 3.05) is 11.4 Å². The molecule has 1 rings (SSSR count). The predicted octanol–water partition coefficient (Wildman–Crippen LogP) is 2.00. The van der Waals surface area contributed by atoms with E-state index in [9.17, 15) is 9.59 Å². The van der Waals surface area contributed by atoms with Gasteiger partial charge in [-0.3, -0.25) is 9.69 Å². The molecule has 0 saturated heterocycles. The molecule has 1 atom stereocenters. The van der Waals surface area contributed by atoms with Crippen LogP contribution in [-0.2, 0) is 4.79 Å². The average molecular weight is 250 g/mol. The first kappa shape index (κ1) is 14.0. The first-order chi connectivity index (χ1) is 8.47. The maximum absolute atomic E-state index is 12.0. The number of para-hydroxylation sites is 1. The second-order valence-corrected chi connectivity index (χ2v) is 4.04. The van der Waals surface area contributed by atoms with Crippen LogP contribution in [0.2, 0.25) is 0 Å². The highest BCUT2D eigenvalue weighted by Gasteiger charge is 2.20. The predicted molar refractivity (Wildman–Crippen MR) is 69.8 cm³/mol. The van der Waals surface area contributed by atoms with Gasteiger partial charge in [0, 0.05) is 12.2 Å². The minimum absolute atomic E-state index is 0.401. The zero-order chi connectivity index (χ0) is 13.7. The van der Waals surface area contributed by atoms with E-state index in [2.05, 4.69) is 5.32 Å². The molecule has 5 heteroatoms. The summed E-state index contributed by atoms with van der Waals surface area (Å²) in [6.45, 7) is 5.66. The molecule has 0 heterocycles. The quantitative estimate of drug-likeness (QED) is 0.858. The van der Waals surface area contributed by atoms with Gasteiger partial charge in [0.2, 0.25) is 0 Å². The fourth-order valence-electron chi connectivity index (χ4n) is 1.61. The molecule has 0 aliphatic rings. The Balaban J connectivity index is 2.87. The number of hydrogen-bond donors (Lipinski definition) is 2. The highest BCUT2D eigenvalue weighted by atomic mass is 16.4. The van der Waals surface area contributed by atoms with Crippen LogP contribution in [0.15, 0.2) is 24.3 Å². The summed E-state index contributed by atoms with van der Waals surface area (Å²) in [5, 5.41) is 11.2. The normalized spacial score (nSPS) is 11.7. The van der Waals surface area contributed by atoms with E-state index < -0.39 is 18.0 Å². The zero-order valence-corrected chi connectivity index (χ0v) is 10.8. The molecule has 0 spiro atoms. The molecule has 2 amide bonds. The number of hydrogen-bond acceptors (Lipinski definition) is 2. The number of benzene rings is 1. The molecular weight excluding hydrogens is 232 g/mol. The number of carboxylic acid groups (broad SMARTS) is 1. The van der Waals surface area contributed by atoms with Crippen LogP contribution < -0.4 is 10.2 Å². The first-order valence-corrected chi connectivity index (χ1v) is 5.83. The number of amides is 2. The van der Waals surface area contributed by atoms with E-state index in [1.165, 1.54) is 11.8 Å². The van der Waals surface area contributed by atoms with Crippen molar-refractivity contribution in [3.63, 3.8) is 0 Å². The molecule has 0 unspecified atom stereocenters.